The summed E-state index contributed by atoms with van der Waals surface area (Å²) in [6.07, 6.45) is 0.504. The molecule has 2 heteroatoms. The molecule has 0 saturated heterocycles. The predicted molar refractivity (Wildman–Crippen MR) is 61.2 cm³/mol. The van der Waals surface area contributed by atoms with E-state index in [-0.39, 0.29) is 5.78 Å². The standard InChI is InChI=1S/C13H18O2/c1-10(2)9-15-13-6-4-12(5-7-13)8-11(3)14/h4-7,10H,8-9H2,1-3H3. The van der Waals surface area contributed by atoms with Crippen molar-refractivity contribution in [1.29, 1.82) is 0 Å². The average molecular weight is 206 g/mol. The summed E-state index contributed by atoms with van der Waals surface area (Å²) in [6.45, 7) is 6.56. The Morgan fingerprint density at radius 2 is 1.87 bits per heavy atom. The number of Topliss-reactive ketones (excluding diaryl/α,β-unsaturated/α-hetero) is 1. The first-order chi connectivity index (χ1) is 7.08. The van der Waals surface area contributed by atoms with Gasteiger partial charge in [-0.2, -0.15) is 0 Å². The second-order valence-corrected chi connectivity index (χ2v) is 4.23. The minimum Gasteiger partial charge on any atom is -0.493 e. The van der Waals surface area contributed by atoms with E-state index >= 15 is 0 Å². The van der Waals surface area contributed by atoms with Crippen molar-refractivity contribution in [2.75, 3.05) is 6.61 Å². The van der Waals surface area contributed by atoms with Crippen LogP contribution in [0.25, 0.3) is 0 Å². The third-order valence-electron chi connectivity index (χ3n) is 1.96. The zero-order valence-electron chi connectivity index (χ0n) is 9.62. The first-order valence-electron chi connectivity index (χ1n) is 5.29. The molecule has 0 heterocycles. The van der Waals surface area contributed by atoms with Gasteiger partial charge in [0.05, 0.1) is 6.61 Å². The van der Waals surface area contributed by atoms with Crippen LogP contribution in [-0.4, -0.2) is 12.4 Å². The van der Waals surface area contributed by atoms with Crippen LogP contribution in [0, 0.1) is 5.92 Å². The Balaban J connectivity index is 2.52. The van der Waals surface area contributed by atoms with Gasteiger partial charge in [0.25, 0.3) is 0 Å². The maximum absolute atomic E-state index is 10.9. The van der Waals surface area contributed by atoms with Gasteiger partial charge in [-0.3, -0.25) is 4.79 Å². The van der Waals surface area contributed by atoms with E-state index in [9.17, 15) is 4.79 Å². The zero-order chi connectivity index (χ0) is 11.3. The van der Waals surface area contributed by atoms with Gasteiger partial charge in [-0.15, -0.1) is 0 Å². The summed E-state index contributed by atoms with van der Waals surface area (Å²) in [5.41, 5.74) is 1.04. The van der Waals surface area contributed by atoms with Gasteiger partial charge in [-0.05, 0) is 30.5 Å². The molecule has 0 aliphatic heterocycles. The van der Waals surface area contributed by atoms with E-state index in [1.807, 2.05) is 24.3 Å². The third kappa shape index (κ3) is 4.63. The van der Waals surface area contributed by atoms with E-state index in [0.29, 0.717) is 12.3 Å². The fourth-order valence-electron chi connectivity index (χ4n) is 1.25. The number of ether oxygens (including phenoxy) is 1. The van der Waals surface area contributed by atoms with E-state index in [4.69, 9.17) is 4.74 Å². The number of hydrogen-bond donors (Lipinski definition) is 0. The fraction of sp³-hybridized carbons (Fsp3) is 0.462. The number of benzene rings is 1. The Bertz CT molecular complexity index is 312. The average Bonchev–Trinajstić information content (AvgIpc) is 2.16. The Hall–Kier alpha value is -1.31. The highest BCUT2D eigenvalue weighted by atomic mass is 16.5. The molecule has 0 N–H and O–H groups in total. The maximum Gasteiger partial charge on any atom is 0.134 e. The molecule has 2 nitrogen and oxygen atoms in total. The van der Waals surface area contributed by atoms with Gasteiger partial charge in [0.15, 0.2) is 0 Å². The van der Waals surface area contributed by atoms with Crippen molar-refractivity contribution < 1.29 is 9.53 Å². The zero-order valence-corrected chi connectivity index (χ0v) is 9.62. The summed E-state index contributed by atoms with van der Waals surface area (Å²) in [6, 6.07) is 7.72. The fourth-order valence-corrected chi connectivity index (χ4v) is 1.25. The molecule has 1 aromatic carbocycles. The molecular weight excluding hydrogens is 188 g/mol. The maximum atomic E-state index is 10.9. The normalized spacial score (nSPS) is 10.4. The molecule has 0 aliphatic rings. The Kier molecular flexibility index (Phi) is 4.35. The lowest BCUT2D eigenvalue weighted by atomic mass is 10.1. The molecule has 0 radical (unpaired) electrons. The summed E-state index contributed by atoms with van der Waals surface area (Å²) in [5.74, 6) is 1.59. The topological polar surface area (TPSA) is 26.3 Å². The van der Waals surface area contributed by atoms with Crippen molar-refractivity contribution >= 4 is 5.78 Å². The van der Waals surface area contributed by atoms with Crippen molar-refractivity contribution in [3.63, 3.8) is 0 Å². The molecule has 82 valence electrons. The van der Waals surface area contributed by atoms with Crippen LogP contribution in [0.4, 0.5) is 0 Å². The first kappa shape index (κ1) is 11.8. The van der Waals surface area contributed by atoms with Crippen molar-refractivity contribution in [2.45, 2.75) is 27.2 Å². The van der Waals surface area contributed by atoms with Crippen LogP contribution < -0.4 is 4.74 Å². The molecule has 0 aromatic heterocycles. The van der Waals surface area contributed by atoms with E-state index in [0.717, 1.165) is 17.9 Å². The van der Waals surface area contributed by atoms with E-state index in [1.165, 1.54) is 0 Å². The lowest BCUT2D eigenvalue weighted by Crippen LogP contribution is -2.04. The minimum absolute atomic E-state index is 0.186. The van der Waals surface area contributed by atoms with Crippen LogP contribution >= 0.6 is 0 Å². The molecular formula is C13H18O2. The monoisotopic (exact) mass is 206 g/mol. The predicted octanol–water partition coefficient (Wildman–Crippen LogP) is 2.85. The summed E-state index contributed by atoms with van der Waals surface area (Å²) in [4.78, 5) is 10.9. The van der Waals surface area contributed by atoms with Gasteiger partial charge in [0, 0.05) is 6.42 Å². The van der Waals surface area contributed by atoms with Crippen LogP contribution in [0.5, 0.6) is 5.75 Å². The second-order valence-electron chi connectivity index (χ2n) is 4.23. The lowest BCUT2D eigenvalue weighted by Gasteiger charge is -2.08. The molecule has 0 spiro atoms. The smallest absolute Gasteiger partial charge is 0.134 e. The number of rotatable bonds is 5. The summed E-state index contributed by atoms with van der Waals surface area (Å²) in [7, 11) is 0. The molecule has 0 fully saturated rings. The van der Waals surface area contributed by atoms with Gasteiger partial charge in [-0.25, -0.2) is 0 Å². The molecule has 1 aromatic rings. The van der Waals surface area contributed by atoms with Crippen LogP contribution in [-0.2, 0) is 11.2 Å². The Morgan fingerprint density at radius 3 is 2.33 bits per heavy atom. The number of hydrogen-bond acceptors (Lipinski definition) is 2. The summed E-state index contributed by atoms with van der Waals surface area (Å²) in [5, 5.41) is 0. The van der Waals surface area contributed by atoms with Gasteiger partial charge in [0.1, 0.15) is 11.5 Å². The largest absolute Gasteiger partial charge is 0.493 e. The molecule has 15 heavy (non-hydrogen) atoms. The Labute approximate surface area is 91.3 Å². The highest BCUT2D eigenvalue weighted by Crippen LogP contribution is 2.13. The molecule has 0 amide bonds. The molecule has 0 bridgehead atoms. The van der Waals surface area contributed by atoms with E-state index < -0.39 is 0 Å². The van der Waals surface area contributed by atoms with Gasteiger partial charge in [0.2, 0.25) is 0 Å². The molecule has 0 unspecified atom stereocenters. The SMILES string of the molecule is CC(=O)Cc1ccc(OCC(C)C)cc1. The number of ketones is 1. The molecule has 0 atom stereocenters. The van der Waals surface area contributed by atoms with Crippen LogP contribution in [0.15, 0.2) is 24.3 Å². The third-order valence-corrected chi connectivity index (χ3v) is 1.96. The van der Waals surface area contributed by atoms with Gasteiger partial charge < -0.3 is 4.74 Å². The Morgan fingerprint density at radius 1 is 1.27 bits per heavy atom. The van der Waals surface area contributed by atoms with Gasteiger partial charge in [-0.1, -0.05) is 26.0 Å². The number of carbonyl (C=O) groups excluding carboxylic acids is 1. The second kappa shape index (κ2) is 5.54. The van der Waals surface area contributed by atoms with E-state index in [2.05, 4.69) is 13.8 Å². The van der Waals surface area contributed by atoms with Crippen LogP contribution in [0.1, 0.15) is 26.3 Å². The van der Waals surface area contributed by atoms with Crippen LogP contribution in [0.2, 0.25) is 0 Å². The molecule has 0 saturated carbocycles. The highest BCUT2D eigenvalue weighted by molar-refractivity contribution is 5.78. The summed E-state index contributed by atoms with van der Waals surface area (Å²) >= 11 is 0. The van der Waals surface area contributed by atoms with Crippen LogP contribution in [0.3, 0.4) is 0 Å². The first-order valence-corrected chi connectivity index (χ1v) is 5.29. The number of carbonyl (C=O) groups is 1. The van der Waals surface area contributed by atoms with Crippen molar-refractivity contribution in [2.24, 2.45) is 5.92 Å². The van der Waals surface area contributed by atoms with Crippen molar-refractivity contribution in [3.05, 3.63) is 29.8 Å². The quantitative estimate of drug-likeness (QED) is 0.740. The lowest BCUT2D eigenvalue weighted by molar-refractivity contribution is -0.116. The highest BCUT2D eigenvalue weighted by Gasteiger charge is 1.99. The van der Waals surface area contributed by atoms with Crippen molar-refractivity contribution in [1.82, 2.24) is 0 Å². The van der Waals surface area contributed by atoms with E-state index in [1.54, 1.807) is 6.92 Å². The molecule has 1 rings (SSSR count). The molecule has 0 aliphatic carbocycles. The minimum atomic E-state index is 0.186. The summed E-state index contributed by atoms with van der Waals surface area (Å²) < 4.78 is 5.54. The van der Waals surface area contributed by atoms with Crippen molar-refractivity contribution in [3.8, 4) is 5.75 Å². The van der Waals surface area contributed by atoms with Gasteiger partial charge >= 0.3 is 0 Å².